The van der Waals surface area contributed by atoms with Crippen LogP contribution in [0.5, 0.6) is 0 Å². The molecule has 0 radical (unpaired) electrons. The maximum Gasteiger partial charge on any atom is 0.227 e. The van der Waals surface area contributed by atoms with E-state index < -0.39 is 0 Å². The molecule has 4 rings (SSSR count). The lowest BCUT2D eigenvalue weighted by Gasteiger charge is -2.06. The van der Waals surface area contributed by atoms with Crippen LogP contribution in [-0.4, -0.2) is 17.3 Å². The molecular formula is C21H16N2O2. The Morgan fingerprint density at radius 2 is 1.60 bits per heavy atom. The molecule has 122 valence electrons. The van der Waals surface area contributed by atoms with Crippen molar-refractivity contribution in [2.75, 3.05) is 11.9 Å². The minimum Gasteiger partial charge on any atom is -0.436 e. The highest BCUT2D eigenvalue weighted by molar-refractivity contribution is 5.98. The van der Waals surface area contributed by atoms with E-state index in [9.17, 15) is 4.79 Å². The van der Waals surface area contributed by atoms with Gasteiger partial charge in [0.25, 0.3) is 0 Å². The highest BCUT2D eigenvalue weighted by Crippen LogP contribution is 2.25. The Bertz CT molecular complexity index is 972. The second kappa shape index (κ2) is 6.61. The van der Waals surface area contributed by atoms with E-state index in [1.54, 1.807) is 0 Å². The van der Waals surface area contributed by atoms with E-state index in [1.165, 1.54) is 0 Å². The maximum atomic E-state index is 12.1. The molecule has 0 fully saturated rings. The van der Waals surface area contributed by atoms with Gasteiger partial charge in [-0.15, -0.1) is 0 Å². The number of rotatable bonds is 5. The molecule has 3 aromatic carbocycles. The number of ketones is 1. The zero-order valence-electron chi connectivity index (χ0n) is 13.5. The molecule has 0 aliphatic carbocycles. The number of anilines is 1. The van der Waals surface area contributed by atoms with Crippen molar-refractivity contribution in [1.29, 1.82) is 0 Å². The van der Waals surface area contributed by atoms with Crippen LogP contribution in [0.25, 0.3) is 22.6 Å². The first-order chi connectivity index (χ1) is 12.3. The van der Waals surface area contributed by atoms with Crippen LogP contribution in [0.2, 0.25) is 0 Å². The summed E-state index contributed by atoms with van der Waals surface area (Å²) in [6.07, 6.45) is 0. The molecule has 4 nitrogen and oxygen atoms in total. The summed E-state index contributed by atoms with van der Waals surface area (Å²) < 4.78 is 5.76. The van der Waals surface area contributed by atoms with Gasteiger partial charge in [-0.3, -0.25) is 4.79 Å². The monoisotopic (exact) mass is 328 g/mol. The molecule has 1 heterocycles. The molecule has 1 N–H and O–H groups in total. The molecule has 25 heavy (non-hydrogen) atoms. The average Bonchev–Trinajstić information content (AvgIpc) is 3.11. The van der Waals surface area contributed by atoms with Crippen LogP contribution < -0.4 is 5.32 Å². The van der Waals surface area contributed by atoms with Crippen molar-refractivity contribution in [3.05, 3.63) is 84.4 Å². The van der Waals surface area contributed by atoms with Crippen LogP contribution in [0.4, 0.5) is 5.69 Å². The van der Waals surface area contributed by atoms with Gasteiger partial charge in [0, 0.05) is 16.8 Å². The number of hydrogen-bond acceptors (Lipinski definition) is 4. The molecule has 4 heteroatoms. The Hall–Kier alpha value is -3.40. The van der Waals surface area contributed by atoms with Gasteiger partial charge >= 0.3 is 0 Å². The highest BCUT2D eigenvalue weighted by atomic mass is 16.3. The van der Waals surface area contributed by atoms with E-state index in [1.807, 2.05) is 78.9 Å². The topological polar surface area (TPSA) is 55.1 Å². The molecule has 0 atom stereocenters. The summed E-state index contributed by atoms with van der Waals surface area (Å²) in [5.74, 6) is 0.650. The Kier molecular flexibility index (Phi) is 4.01. The minimum absolute atomic E-state index is 0.0589. The van der Waals surface area contributed by atoms with E-state index >= 15 is 0 Å². The molecule has 0 saturated carbocycles. The zero-order chi connectivity index (χ0) is 17.1. The average molecular weight is 328 g/mol. The van der Waals surface area contributed by atoms with E-state index in [0.29, 0.717) is 11.5 Å². The smallest absolute Gasteiger partial charge is 0.227 e. The summed E-state index contributed by atoms with van der Waals surface area (Å²) in [7, 11) is 0. The molecule has 4 aromatic rings. The lowest BCUT2D eigenvalue weighted by molar-refractivity contribution is 0.101. The number of fused-ring (bicyclic) bond motifs is 1. The van der Waals surface area contributed by atoms with Crippen molar-refractivity contribution in [3.63, 3.8) is 0 Å². The van der Waals surface area contributed by atoms with Gasteiger partial charge in [0.05, 0.1) is 6.54 Å². The molecule has 0 bridgehead atoms. The number of para-hydroxylation sites is 2. The third-order valence-corrected chi connectivity index (χ3v) is 3.97. The molecule has 0 saturated heterocycles. The van der Waals surface area contributed by atoms with E-state index in [-0.39, 0.29) is 12.3 Å². The first-order valence-electron chi connectivity index (χ1n) is 8.08. The van der Waals surface area contributed by atoms with Gasteiger partial charge in [-0.25, -0.2) is 4.98 Å². The van der Waals surface area contributed by atoms with Crippen molar-refractivity contribution in [3.8, 4) is 11.5 Å². The highest BCUT2D eigenvalue weighted by Gasteiger charge is 2.08. The van der Waals surface area contributed by atoms with E-state index in [4.69, 9.17) is 4.42 Å². The number of nitrogens with one attached hydrogen (secondary N) is 1. The second-order valence-electron chi connectivity index (χ2n) is 5.71. The van der Waals surface area contributed by atoms with E-state index in [2.05, 4.69) is 10.3 Å². The molecule has 0 spiro atoms. The Labute approximate surface area is 145 Å². The van der Waals surface area contributed by atoms with Crippen LogP contribution in [0.15, 0.2) is 83.3 Å². The molecular weight excluding hydrogens is 312 g/mol. The van der Waals surface area contributed by atoms with Gasteiger partial charge in [0.15, 0.2) is 11.4 Å². The van der Waals surface area contributed by atoms with Crippen molar-refractivity contribution in [2.24, 2.45) is 0 Å². The van der Waals surface area contributed by atoms with Crippen molar-refractivity contribution < 1.29 is 9.21 Å². The van der Waals surface area contributed by atoms with Crippen molar-refractivity contribution >= 4 is 22.6 Å². The minimum atomic E-state index is 0.0589. The maximum absolute atomic E-state index is 12.1. The Morgan fingerprint density at radius 1 is 0.880 bits per heavy atom. The molecule has 0 amide bonds. The quantitative estimate of drug-likeness (QED) is 0.535. The lowest BCUT2D eigenvalue weighted by atomic mass is 10.1. The van der Waals surface area contributed by atoms with Gasteiger partial charge in [-0.05, 0) is 36.4 Å². The predicted octanol–water partition coefficient (Wildman–Crippen LogP) is 4.79. The zero-order valence-corrected chi connectivity index (χ0v) is 13.5. The fraction of sp³-hybridized carbons (Fsp3) is 0.0476. The van der Waals surface area contributed by atoms with Crippen molar-refractivity contribution in [1.82, 2.24) is 4.98 Å². The van der Waals surface area contributed by atoms with Gasteiger partial charge in [0.2, 0.25) is 5.89 Å². The van der Waals surface area contributed by atoms with Crippen LogP contribution >= 0.6 is 0 Å². The Morgan fingerprint density at radius 3 is 2.36 bits per heavy atom. The van der Waals surface area contributed by atoms with Crippen LogP contribution in [0.3, 0.4) is 0 Å². The number of carbonyl (C=O) groups is 1. The van der Waals surface area contributed by atoms with Crippen LogP contribution in [0.1, 0.15) is 10.4 Å². The van der Waals surface area contributed by atoms with Crippen LogP contribution in [-0.2, 0) is 0 Å². The summed E-state index contributed by atoms with van der Waals surface area (Å²) >= 11 is 0. The summed E-state index contributed by atoms with van der Waals surface area (Å²) in [4.78, 5) is 16.6. The number of aromatic nitrogens is 1. The third kappa shape index (κ3) is 3.28. The van der Waals surface area contributed by atoms with Gasteiger partial charge in [-0.2, -0.15) is 0 Å². The number of oxazole rings is 1. The lowest BCUT2D eigenvalue weighted by Crippen LogP contribution is -2.13. The first kappa shape index (κ1) is 15.1. The number of hydrogen-bond donors (Lipinski definition) is 1. The second-order valence-corrected chi connectivity index (χ2v) is 5.71. The normalized spacial score (nSPS) is 10.7. The summed E-state index contributed by atoms with van der Waals surface area (Å²) in [5.41, 5.74) is 4.10. The standard InChI is InChI=1S/C21H16N2O2/c24-19(15-6-2-1-3-7-15)14-22-17-12-10-16(11-13-17)21-23-18-8-4-5-9-20(18)25-21/h1-13,22H,14H2. The summed E-state index contributed by atoms with van der Waals surface area (Å²) in [6, 6.07) is 24.6. The summed E-state index contributed by atoms with van der Waals surface area (Å²) in [5, 5.41) is 3.15. The third-order valence-electron chi connectivity index (χ3n) is 3.97. The molecule has 1 aromatic heterocycles. The predicted molar refractivity (Wildman–Crippen MR) is 98.7 cm³/mol. The number of benzene rings is 3. The number of carbonyl (C=O) groups excluding carboxylic acids is 1. The largest absolute Gasteiger partial charge is 0.436 e. The number of nitrogens with zero attached hydrogens (tertiary/aromatic N) is 1. The Balaban J connectivity index is 1.46. The summed E-state index contributed by atoms with van der Waals surface area (Å²) in [6.45, 7) is 0.256. The molecule has 0 aliphatic rings. The first-order valence-corrected chi connectivity index (χ1v) is 8.08. The van der Waals surface area contributed by atoms with E-state index in [0.717, 1.165) is 22.4 Å². The van der Waals surface area contributed by atoms with Gasteiger partial charge in [0.1, 0.15) is 5.52 Å². The fourth-order valence-electron chi connectivity index (χ4n) is 2.63. The molecule has 0 unspecified atom stereocenters. The fourth-order valence-corrected chi connectivity index (χ4v) is 2.63. The van der Waals surface area contributed by atoms with Gasteiger partial charge in [-0.1, -0.05) is 42.5 Å². The van der Waals surface area contributed by atoms with Gasteiger partial charge < -0.3 is 9.73 Å². The number of Topliss-reactive ketones (excluding diaryl/α,β-unsaturated/α-hetero) is 1. The SMILES string of the molecule is O=C(CNc1ccc(-c2nc3ccccc3o2)cc1)c1ccccc1. The van der Waals surface area contributed by atoms with Crippen LogP contribution in [0, 0.1) is 0 Å². The van der Waals surface area contributed by atoms with Crippen molar-refractivity contribution in [2.45, 2.75) is 0 Å². The molecule has 0 aliphatic heterocycles.